The van der Waals surface area contributed by atoms with E-state index in [0.29, 0.717) is 18.0 Å². The maximum Gasteiger partial charge on any atom is 0.255 e. The second kappa shape index (κ2) is 5.48. The van der Waals surface area contributed by atoms with Gasteiger partial charge in [-0.05, 0) is 44.4 Å². The molecule has 0 radical (unpaired) electrons. The molecule has 4 heteroatoms. The highest BCUT2D eigenvalue weighted by Gasteiger charge is 2.32. The molecule has 1 saturated carbocycles. The van der Waals surface area contributed by atoms with Gasteiger partial charge in [0.1, 0.15) is 0 Å². The number of carbonyl (C=O) groups excluding carboxylic acids is 1. The van der Waals surface area contributed by atoms with E-state index in [0.717, 1.165) is 25.0 Å². The number of aryl methyl sites for hydroxylation is 1. The SMILES string of the molecule is Cc1ncccc1C(=O)N(C)C1CCCC1CN. The molecule has 0 bridgehead atoms. The maximum absolute atomic E-state index is 12.5. The van der Waals surface area contributed by atoms with Crippen LogP contribution in [0.1, 0.15) is 35.3 Å². The molecule has 2 rings (SSSR count). The Labute approximate surface area is 108 Å². The van der Waals surface area contributed by atoms with E-state index in [-0.39, 0.29) is 11.9 Å². The fourth-order valence-electron chi connectivity index (χ4n) is 2.85. The predicted octanol–water partition coefficient (Wildman–Crippen LogP) is 1.59. The highest BCUT2D eigenvalue weighted by atomic mass is 16.2. The van der Waals surface area contributed by atoms with Crippen molar-refractivity contribution in [2.45, 2.75) is 32.2 Å². The van der Waals surface area contributed by atoms with Gasteiger partial charge in [-0.3, -0.25) is 9.78 Å². The van der Waals surface area contributed by atoms with E-state index >= 15 is 0 Å². The lowest BCUT2D eigenvalue weighted by molar-refractivity contribution is 0.0698. The van der Waals surface area contributed by atoms with Crippen LogP contribution in [0.5, 0.6) is 0 Å². The van der Waals surface area contributed by atoms with Crippen LogP contribution in [0, 0.1) is 12.8 Å². The molecule has 2 N–H and O–H groups in total. The lowest BCUT2D eigenvalue weighted by Crippen LogP contribution is -2.41. The fourth-order valence-corrected chi connectivity index (χ4v) is 2.85. The van der Waals surface area contributed by atoms with E-state index in [1.807, 2.05) is 31.0 Å². The van der Waals surface area contributed by atoms with Crippen LogP contribution in [0.15, 0.2) is 18.3 Å². The number of aromatic nitrogens is 1. The Kier molecular flexibility index (Phi) is 3.97. The van der Waals surface area contributed by atoms with E-state index in [4.69, 9.17) is 5.73 Å². The van der Waals surface area contributed by atoms with Gasteiger partial charge in [-0.1, -0.05) is 6.42 Å². The van der Waals surface area contributed by atoms with Crippen LogP contribution in [0.25, 0.3) is 0 Å². The van der Waals surface area contributed by atoms with Gasteiger partial charge in [-0.2, -0.15) is 0 Å². The number of hydrogen-bond donors (Lipinski definition) is 1. The first-order valence-corrected chi connectivity index (χ1v) is 6.54. The molecule has 1 aliphatic carbocycles. The molecule has 1 fully saturated rings. The molecule has 0 aliphatic heterocycles. The van der Waals surface area contributed by atoms with Gasteiger partial charge in [0, 0.05) is 25.0 Å². The summed E-state index contributed by atoms with van der Waals surface area (Å²) < 4.78 is 0. The number of nitrogens with two attached hydrogens (primary N) is 1. The van der Waals surface area contributed by atoms with Gasteiger partial charge < -0.3 is 10.6 Å². The minimum absolute atomic E-state index is 0.0611. The number of rotatable bonds is 3. The van der Waals surface area contributed by atoms with Crippen molar-refractivity contribution in [1.29, 1.82) is 0 Å². The van der Waals surface area contributed by atoms with Crippen molar-refractivity contribution >= 4 is 5.91 Å². The third-order valence-electron chi connectivity index (χ3n) is 3.98. The van der Waals surface area contributed by atoms with Crippen molar-refractivity contribution in [3.05, 3.63) is 29.6 Å². The van der Waals surface area contributed by atoms with E-state index in [9.17, 15) is 4.79 Å². The van der Waals surface area contributed by atoms with Crippen molar-refractivity contribution in [3.63, 3.8) is 0 Å². The highest BCUT2D eigenvalue weighted by molar-refractivity contribution is 5.95. The van der Waals surface area contributed by atoms with Gasteiger partial charge in [0.25, 0.3) is 5.91 Å². The van der Waals surface area contributed by atoms with Crippen LogP contribution < -0.4 is 5.73 Å². The maximum atomic E-state index is 12.5. The second-order valence-electron chi connectivity index (χ2n) is 5.05. The van der Waals surface area contributed by atoms with Crippen LogP contribution in [0.4, 0.5) is 0 Å². The molecule has 4 nitrogen and oxygen atoms in total. The van der Waals surface area contributed by atoms with Crippen LogP contribution in [0.3, 0.4) is 0 Å². The molecule has 1 aromatic heterocycles. The average molecular weight is 247 g/mol. The van der Waals surface area contributed by atoms with E-state index in [2.05, 4.69) is 4.98 Å². The predicted molar refractivity (Wildman–Crippen MR) is 71.3 cm³/mol. The zero-order chi connectivity index (χ0) is 13.1. The zero-order valence-corrected chi connectivity index (χ0v) is 11.1. The topological polar surface area (TPSA) is 59.2 Å². The summed E-state index contributed by atoms with van der Waals surface area (Å²) in [5.41, 5.74) is 7.27. The number of hydrogen-bond acceptors (Lipinski definition) is 3. The molecule has 0 saturated heterocycles. The molecule has 2 unspecified atom stereocenters. The minimum Gasteiger partial charge on any atom is -0.338 e. The molecule has 18 heavy (non-hydrogen) atoms. The van der Waals surface area contributed by atoms with Crippen molar-refractivity contribution < 1.29 is 4.79 Å². The van der Waals surface area contributed by atoms with Crippen molar-refractivity contribution in [1.82, 2.24) is 9.88 Å². The monoisotopic (exact) mass is 247 g/mol. The molecule has 1 aliphatic rings. The Balaban J connectivity index is 2.16. The van der Waals surface area contributed by atoms with E-state index in [1.54, 1.807) is 6.20 Å². The smallest absolute Gasteiger partial charge is 0.255 e. The third kappa shape index (κ3) is 2.38. The molecular formula is C14H21N3O. The number of nitrogens with zero attached hydrogens (tertiary/aromatic N) is 2. The normalized spacial score (nSPS) is 23.1. The number of amides is 1. The molecule has 1 amide bonds. The quantitative estimate of drug-likeness (QED) is 0.882. The largest absolute Gasteiger partial charge is 0.338 e. The third-order valence-corrected chi connectivity index (χ3v) is 3.98. The lowest BCUT2D eigenvalue weighted by atomic mass is 10.0. The Bertz CT molecular complexity index is 433. The summed E-state index contributed by atoms with van der Waals surface area (Å²) >= 11 is 0. The van der Waals surface area contributed by atoms with E-state index in [1.165, 1.54) is 0 Å². The van der Waals surface area contributed by atoms with Gasteiger partial charge in [-0.25, -0.2) is 0 Å². The molecule has 0 aromatic carbocycles. The van der Waals surface area contributed by atoms with Crippen molar-refractivity contribution in [2.75, 3.05) is 13.6 Å². The standard InChI is InChI=1S/C14H21N3O/c1-10-12(6-4-8-16-10)14(18)17(2)13-7-3-5-11(13)9-15/h4,6,8,11,13H,3,5,7,9,15H2,1-2H3. The van der Waals surface area contributed by atoms with Gasteiger partial charge in [0.15, 0.2) is 0 Å². The lowest BCUT2D eigenvalue weighted by Gasteiger charge is -2.29. The van der Waals surface area contributed by atoms with Gasteiger partial charge in [-0.15, -0.1) is 0 Å². The number of carbonyl (C=O) groups is 1. The Hall–Kier alpha value is -1.42. The number of pyridine rings is 1. The summed E-state index contributed by atoms with van der Waals surface area (Å²) in [7, 11) is 1.88. The minimum atomic E-state index is 0.0611. The summed E-state index contributed by atoms with van der Waals surface area (Å²) in [6.45, 7) is 2.53. The average Bonchev–Trinajstić information content (AvgIpc) is 2.86. The van der Waals surface area contributed by atoms with Gasteiger partial charge >= 0.3 is 0 Å². The van der Waals surface area contributed by atoms with Gasteiger partial charge in [0.05, 0.1) is 5.56 Å². The van der Waals surface area contributed by atoms with Crippen molar-refractivity contribution in [2.24, 2.45) is 11.7 Å². The van der Waals surface area contributed by atoms with Crippen LogP contribution in [0.2, 0.25) is 0 Å². The highest BCUT2D eigenvalue weighted by Crippen LogP contribution is 2.29. The summed E-state index contributed by atoms with van der Waals surface area (Å²) in [5, 5.41) is 0. The van der Waals surface area contributed by atoms with Gasteiger partial charge in [0.2, 0.25) is 0 Å². The summed E-state index contributed by atoms with van der Waals surface area (Å²) in [6, 6.07) is 3.93. The molecule has 2 atom stereocenters. The van der Waals surface area contributed by atoms with Crippen LogP contribution in [-0.4, -0.2) is 35.4 Å². The summed E-state index contributed by atoms with van der Waals surface area (Å²) in [5.74, 6) is 0.502. The van der Waals surface area contributed by atoms with Crippen LogP contribution >= 0.6 is 0 Å². The first-order chi connectivity index (χ1) is 8.65. The first kappa shape index (κ1) is 13.0. The van der Waals surface area contributed by atoms with Crippen molar-refractivity contribution in [3.8, 4) is 0 Å². The molecule has 1 aromatic rings. The summed E-state index contributed by atoms with van der Waals surface area (Å²) in [6.07, 6.45) is 5.06. The Morgan fingerprint density at radius 3 is 3.00 bits per heavy atom. The van der Waals surface area contributed by atoms with E-state index < -0.39 is 0 Å². The Morgan fingerprint density at radius 1 is 1.56 bits per heavy atom. The molecular weight excluding hydrogens is 226 g/mol. The summed E-state index contributed by atoms with van der Waals surface area (Å²) in [4.78, 5) is 18.5. The zero-order valence-electron chi connectivity index (χ0n) is 11.1. The van der Waals surface area contributed by atoms with Crippen LogP contribution in [-0.2, 0) is 0 Å². The Morgan fingerprint density at radius 2 is 2.33 bits per heavy atom. The fraction of sp³-hybridized carbons (Fsp3) is 0.571. The molecule has 1 heterocycles. The molecule has 0 spiro atoms. The molecule has 98 valence electrons. The second-order valence-corrected chi connectivity index (χ2v) is 5.05. The first-order valence-electron chi connectivity index (χ1n) is 6.54.